The Hall–Kier alpha value is -3.48. The molecule has 0 saturated carbocycles. The molecule has 27 heavy (non-hydrogen) atoms. The third-order valence-corrected chi connectivity index (χ3v) is 4.35. The van der Waals surface area contributed by atoms with Gasteiger partial charge < -0.3 is 9.64 Å². The molecule has 0 bridgehead atoms. The first kappa shape index (κ1) is 18.3. The van der Waals surface area contributed by atoms with Gasteiger partial charge in [0.25, 0.3) is 5.69 Å². The summed E-state index contributed by atoms with van der Waals surface area (Å²) in [6, 6.07) is 13.1. The van der Waals surface area contributed by atoms with Crippen molar-refractivity contribution in [3.63, 3.8) is 0 Å². The summed E-state index contributed by atoms with van der Waals surface area (Å²) in [6.45, 7) is 1.38. The molecule has 0 N–H and O–H groups in total. The largest absolute Gasteiger partial charge is 0.461 e. The van der Waals surface area contributed by atoms with Gasteiger partial charge in [-0.1, -0.05) is 36.4 Å². The van der Waals surface area contributed by atoms with Crippen LogP contribution in [0.3, 0.4) is 0 Å². The van der Waals surface area contributed by atoms with Crippen molar-refractivity contribution in [3.8, 4) is 0 Å². The molecule has 3 rings (SSSR count). The number of non-ortho nitro benzene ring substituents is 1. The molecular weight excluding hydrogens is 348 g/mol. The number of fused-ring (bicyclic) bond motifs is 1. The first-order valence-corrected chi connectivity index (χ1v) is 8.40. The molecule has 1 aliphatic rings. The second kappa shape index (κ2) is 7.82. The Kier molecular flexibility index (Phi) is 5.30. The Morgan fingerprint density at radius 3 is 2.70 bits per heavy atom. The molecule has 0 aromatic heterocycles. The summed E-state index contributed by atoms with van der Waals surface area (Å²) < 4.78 is 5.29. The first-order valence-electron chi connectivity index (χ1n) is 8.40. The van der Waals surface area contributed by atoms with Gasteiger partial charge in [-0.2, -0.15) is 0 Å². The predicted octanol–water partition coefficient (Wildman–Crippen LogP) is 3.60. The molecule has 7 heteroatoms. The zero-order valence-electron chi connectivity index (χ0n) is 14.7. The van der Waals surface area contributed by atoms with Crippen molar-refractivity contribution in [1.82, 2.24) is 4.90 Å². The lowest BCUT2D eigenvalue weighted by atomic mass is 9.94. The minimum Gasteiger partial charge on any atom is -0.461 e. The van der Waals surface area contributed by atoms with E-state index in [0.29, 0.717) is 5.56 Å². The molecule has 1 aliphatic heterocycles. The van der Waals surface area contributed by atoms with Crippen LogP contribution in [-0.4, -0.2) is 21.7 Å². The van der Waals surface area contributed by atoms with E-state index in [0.717, 1.165) is 11.1 Å². The smallest absolute Gasteiger partial charge is 0.308 e. The number of ether oxygens (including phenoxy) is 1. The van der Waals surface area contributed by atoms with Crippen LogP contribution in [0.15, 0.2) is 54.7 Å². The lowest BCUT2D eigenvalue weighted by Gasteiger charge is -2.32. The number of nitrogens with zero attached hydrogens (tertiary/aromatic N) is 2. The number of amides is 1. The number of carbonyl (C=O) groups is 2. The minimum absolute atomic E-state index is 0.00411. The van der Waals surface area contributed by atoms with E-state index in [1.54, 1.807) is 18.3 Å². The van der Waals surface area contributed by atoms with Crippen LogP contribution < -0.4 is 0 Å². The third-order valence-electron chi connectivity index (χ3n) is 4.35. The molecular formula is C20H18N2O5. The highest BCUT2D eigenvalue weighted by Crippen LogP contribution is 2.33. The van der Waals surface area contributed by atoms with Crippen molar-refractivity contribution in [3.05, 3.63) is 81.5 Å². The molecule has 0 spiro atoms. The number of esters is 1. The van der Waals surface area contributed by atoms with E-state index >= 15 is 0 Å². The molecule has 2 aromatic rings. The number of nitro groups is 1. The van der Waals surface area contributed by atoms with E-state index < -0.39 is 16.9 Å². The summed E-state index contributed by atoms with van der Waals surface area (Å²) in [7, 11) is 0. The maximum atomic E-state index is 12.4. The van der Waals surface area contributed by atoms with Crippen LogP contribution in [0.25, 0.3) is 6.08 Å². The highest BCUT2D eigenvalue weighted by molar-refractivity contribution is 5.80. The van der Waals surface area contributed by atoms with E-state index in [-0.39, 0.29) is 24.6 Å². The third kappa shape index (κ3) is 4.20. The maximum absolute atomic E-state index is 12.4. The zero-order chi connectivity index (χ0) is 19.4. The van der Waals surface area contributed by atoms with Gasteiger partial charge in [0.1, 0.15) is 6.61 Å². The summed E-state index contributed by atoms with van der Waals surface area (Å²) in [6.07, 6.45) is 3.50. The van der Waals surface area contributed by atoms with Gasteiger partial charge in [0, 0.05) is 25.3 Å². The van der Waals surface area contributed by atoms with Gasteiger partial charge >= 0.3 is 5.97 Å². The lowest BCUT2D eigenvalue weighted by molar-refractivity contribution is -0.384. The average molecular weight is 366 g/mol. The van der Waals surface area contributed by atoms with Crippen LogP contribution in [0.5, 0.6) is 0 Å². The van der Waals surface area contributed by atoms with E-state index in [1.807, 2.05) is 30.3 Å². The van der Waals surface area contributed by atoms with Crippen LogP contribution in [0.4, 0.5) is 5.69 Å². The number of rotatable bonds is 5. The molecule has 0 saturated heterocycles. The Bertz CT molecular complexity index is 922. The van der Waals surface area contributed by atoms with Gasteiger partial charge in [-0.05, 0) is 22.8 Å². The molecule has 7 nitrogen and oxygen atoms in total. The number of benzene rings is 2. The van der Waals surface area contributed by atoms with E-state index in [9.17, 15) is 19.7 Å². The fraction of sp³-hybridized carbons (Fsp3) is 0.200. The topological polar surface area (TPSA) is 89.8 Å². The van der Waals surface area contributed by atoms with Crippen molar-refractivity contribution >= 4 is 23.6 Å². The molecule has 0 radical (unpaired) electrons. The van der Waals surface area contributed by atoms with Crippen LogP contribution in [0.2, 0.25) is 0 Å². The molecule has 1 atom stereocenters. The molecule has 1 heterocycles. The fourth-order valence-electron chi connectivity index (χ4n) is 3.05. The number of hydrogen-bond acceptors (Lipinski definition) is 5. The normalized spacial score (nSPS) is 15.1. The highest BCUT2D eigenvalue weighted by Gasteiger charge is 2.28. The second-order valence-electron chi connectivity index (χ2n) is 6.18. The van der Waals surface area contributed by atoms with Crippen molar-refractivity contribution < 1.29 is 19.2 Å². The van der Waals surface area contributed by atoms with Gasteiger partial charge in [0.2, 0.25) is 5.91 Å². The van der Waals surface area contributed by atoms with Crippen molar-refractivity contribution in [2.24, 2.45) is 0 Å². The number of carbonyl (C=O) groups excluding carboxylic acids is 2. The van der Waals surface area contributed by atoms with Gasteiger partial charge in [-0.25, -0.2) is 0 Å². The van der Waals surface area contributed by atoms with Crippen LogP contribution in [0, 0.1) is 10.1 Å². The maximum Gasteiger partial charge on any atom is 0.308 e. The zero-order valence-corrected chi connectivity index (χ0v) is 14.7. The first-order chi connectivity index (χ1) is 13.0. The number of nitro benzene ring substituents is 1. The predicted molar refractivity (Wildman–Crippen MR) is 98.2 cm³/mol. The van der Waals surface area contributed by atoms with Crippen molar-refractivity contribution in [2.75, 3.05) is 0 Å². The van der Waals surface area contributed by atoms with Crippen LogP contribution in [-0.2, 0) is 20.9 Å². The average Bonchev–Trinajstić information content (AvgIpc) is 2.66. The molecule has 138 valence electrons. The Morgan fingerprint density at radius 2 is 1.96 bits per heavy atom. The summed E-state index contributed by atoms with van der Waals surface area (Å²) in [4.78, 5) is 36.1. The summed E-state index contributed by atoms with van der Waals surface area (Å²) in [5, 5.41) is 10.8. The van der Waals surface area contributed by atoms with Crippen LogP contribution >= 0.6 is 0 Å². The Balaban J connectivity index is 1.70. The molecule has 0 unspecified atom stereocenters. The van der Waals surface area contributed by atoms with Gasteiger partial charge in [0.15, 0.2) is 0 Å². The Morgan fingerprint density at radius 1 is 1.19 bits per heavy atom. The van der Waals surface area contributed by atoms with E-state index in [4.69, 9.17) is 4.74 Å². The lowest BCUT2D eigenvalue weighted by Crippen LogP contribution is -2.32. The number of hydrogen-bond donors (Lipinski definition) is 0. The molecule has 1 amide bonds. The summed E-state index contributed by atoms with van der Waals surface area (Å²) in [5.41, 5.74) is 2.30. The van der Waals surface area contributed by atoms with Crippen LogP contribution in [0.1, 0.15) is 36.1 Å². The monoisotopic (exact) mass is 366 g/mol. The summed E-state index contributed by atoms with van der Waals surface area (Å²) in [5.74, 6) is -0.653. The summed E-state index contributed by atoms with van der Waals surface area (Å²) >= 11 is 0. The molecule has 0 aliphatic carbocycles. The van der Waals surface area contributed by atoms with Gasteiger partial charge in [-0.3, -0.25) is 19.7 Å². The standard InChI is InChI=1S/C20H18N2O5/c1-14(23)21-10-9-16-6-2-3-8-18(16)19(21)12-20(24)27-13-15-5-4-7-17(11-15)22(25)26/h2-11,19H,12-13H2,1H3/t19-/m1/s1. The van der Waals surface area contributed by atoms with Crippen molar-refractivity contribution in [1.29, 1.82) is 0 Å². The molecule has 0 fully saturated rings. The minimum atomic E-state index is -0.499. The van der Waals surface area contributed by atoms with Gasteiger partial charge in [0.05, 0.1) is 17.4 Å². The van der Waals surface area contributed by atoms with Crippen molar-refractivity contribution in [2.45, 2.75) is 26.0 Å². The second-order valence-corrected chi connectivity index (χ2v) is 6.18. The highest BCUT2D eigenvalue weighted by atomic mass is 16.6. The Labute approximate surface area is 156 Å². The van der Waals surface area contributed by atoms with E-state index in [1.165, 1.54) is 24.0 Å². The SMILES string of the molecule is CC(=O)N1C=Cc2ccccc2[C@H]1CC(=O)OCc1cccc([N+](=O)[O-])c1. The fourth-order valence-corrected chi connectivity index (χ4v) is 3.05. The van der Waals surface area contributed by atoms with E-state index in [2.05, 4.69) is 0 Å². The quantitative estimate of drug-likeness (QED) is 0.458. The molecule has 2 aromatic carbocycles. The van der Waals surface area contributed by atoms with Gasteiger partial charge in [-0.15, -0.1) is 0 Å².